The average Bonchev–Trinajstić information content (AvgIpc) is 2.18. The van der Waals surface area contributed by atoms with Crippen LogP contribution in [0, 0.1) is 11.6 Å². The van der Waals surface area contributed by atoms with Crippen LogP contribution in [0.15, 0.2) is 18.2 Å². The second kappa shape index (κ2) is 3.92. The molecular formula is C13H16F2. The summed E-state index contributed by atoms with van der Waals surface area (Å²) in [4.78, 5) is 0. The molecule has 0 bridgehead atoms. The Bertz CT molecular complexity index is 331. The van der Waals surface area contributed by atoms with E-state index in [1.165, 1.54) is 24.6 Å². The Morgan fingerprint density at radius 3 is 2.07 bits per heavy atom. The third-order valence-electron chi connectivity index (χ3n) is 3.52. The van der Waals surface area contributed by atoms with Crippen LogP contribution in [0.25, 0.3) is 0 Å². The molecule has 0 radical (unpaired) electrons. The van der Waals surface area contributed by atoms with E-state index in [1.807, 2.05) is 6.92 Å². The molecule has 1 saturated carbocycles. The summed E-state index contributed by atoms with van der Waals surface area (Å²) < 4.78 is 27.3. The fourth-order valence-electron chi connectivity index (χ4n) is 2.66. The largest absolute Gasteiger partial charge is 0.207 e. The summed E-state index contributed by atoms with van der Waals surface area (Å²) in [5.41, 5.74) is -0.00192. The lowest BCUT2D eigenvalue weighted by Crippen LogP contribution is -2.27. The Balaban J connectivity index is 2.42. The molecule has 0 nitrogen and oxygen atoms in total. The van der Waals surface area contributed by atoms with Crippen LogP contribution < -0.4 is 0 Å². The normalized spacial score (nSPS) is 20.2. The van der Waals surface area contributed by atoms with Gasteiger partial charge in [0.15, 0.2) is 0 Å². The number of halogens is 2. The van der Waals surface area contributed by atoms with E-state index in [0.717, 1.165) is 25.7 Å². The zero-order chi connectivity index (χ0) is 10.9. The predicted molar refractivity (Wildman–Crippen MR) is 56.8 cm³/mol. The van der Waals surface area contributed by atoms with E-state index in [0.29, 0.717) is 5.56 Å². The molecule has 15 heavy (non-hydrogen) atoms. The van der Waals surface area contributed by atoms with Crippen LogP contribution in [0.1, 0.15) is 44.6 Å². The van der Waals surface area contributed by atoms with Crippen molar-refractivity contribution in [2.24, 2.45) is 0 Å². The van der Waals surface area contributed by atoms with Crippen molar-refractivity contribution in [1.29, 1.82) is 0 Å². The summed E-state index contributed by atoms with van der Waals surface area (Å²) in [6, 6.07) is 4.15. The molecule has 0 atom stereocenters. The van der Waals surface area contributed by atoms with Crippen molar-refractivity contribution in [2.45, 2.75) is 44.4 Å². The van der Waals surface area contributed by atoms with Crippen LogP contribution in [0.5, 0.6) is 0 Å². The van der Waals surface area contributed by atoms with Gasteiger partial charge in [-0.25, -0.2) is 8.78 Å². The van der Waals surface area contributed by atoms with E-state index in [4.69, 9.17) is 0 Å². The van der Waals surface area contributed by atoms with Gasteiger partial charge in [0.1, 0.15) is 11.6 Å². The molecule has 0 amide bonds. The highest BCUT2D eigenvalue weighted by Gasteiger charge is 2.33. The highest BCUT2D eigenvalue weighted by molar-refractivity contribution is 5.28. The van der Waals surface area contributed by atoms with E-state index >= 15 is 0 Å². The first kappa shape index (κ1) is 10.6. The maximum absolute atomic E-state index is 13.6. The zero-order valence-corrected chi connectivity index (χ0v) is 9.02. The topological polar surface area (TPSA) is 0 Å². The first-order valence-corrected chi connectivity index (χ1v) is 5.58. The first-order chi connectivity index (χ1) is 7.13. The minimum Gasteiger partial charge on any atom is -0.207 e. The molecule has 1 aromatic rings. The molecular weight excluding hydrogens is 194 g/mol. The van der Waals surface area contributed by atoms with E-state index in [1.54, 1.807) is 0 Å². The third kappa shape index (κ3) is 1.90. The summed E-state index contributed by atoms with van der Waals surface area (Å²) in [6.07, 6.45) is 5.12. The number of rotatable bonds is 1. The minimum atomic E-state index is -0.389. The number of hydrogen-bond acceptors (Lipinski definition) is 0. The Morgan fingerprint density at radius 2 is 1.53 bits per heavy atom. The Labute approximate surface area is 89.3 Å². The lowest BCUT2D eigenvalue weighted by Gasteiger charge is -2.34. The Morgan fingerprint density at radius 1 is 1.00 bits per heavy atom. The van der Waals surface area contributed by atoms with Crippen LogP contribution in [0.3, 0.4) is 0 Å². The first-order valence-electron chi connectivity index (χ1n) is 5.58. The van der Waals surface area contributed by atoms with E-state index < -0.39 is 0 Å². The van der Waals surface area contributed by atoms with Gasteiger partial charge in [-0.05, 0) is 30.4 Å². The van der Waals surface area contributed by atoms with Crippen molar-refractivity contribution in [3.05, 3.63) is 35.4 Å². The second-order valence-electron chi connectivity index (χ2n) is 4.72. The monoisotopic (exact) mass is 210 g/mol. The lowest BCUT2D eigenvalue weighted by atomic mass is 9.70. The average molecular weight is 210 g/mol. The van der Waals surface area contributed by atoms with Crippen molar-refractivity contribution in [3.63, 3.8) is 0 Å². The predicted octanol–water partition coefficient (Wildman–Crippen LogP) is 4.19. The third-order valence-corrected chi connectivity index (χ3v) is 3.52. The van der Waals surface area contributed by atoms with Gasteiger partial charge in [-0.2, -0.15) is 0 Å². The molecule has 1 aliphatic rings. The fraction of sp³-hybridized carbons (Fsp3) is 0.538. The molecule has 1 fully saturated rings. The van der Waals surface area contributed by atoms with Gasteiger partial charge in [-0.1, -0.05) is 32.3 Å². The summed E-state index contributed by atoms with van der Waals surface area (Å²) in [6.45, 7) is 1.98. The molecule has 2 heteroatoms. The number of benzene rings is 1. The number of hydrogen-bond donors (Lipinski definition) is 0. The van der Waals surface area contributed by atoms with Crippen molar-refractivity contribution < 1.29 is 8.78 Å². The maximum atomic E-state index is 13.6. The second-order valence-corrected chi connectivity index (χ2v) is 4.72. The van der Waals surface area contributed by atoms with Crippen molar-refractivity contribution in [3.8, 4) is 0 Å². The molecule has 0 saturated heterocycles. The fourth-order valence-corrected chi connectivity index (χ4v) is 2.66. The highest BCUT2D eigenvalue weighted by Crippen LogP contribution is 2.41. The van der Waals surface area contributed by atoms with Crippen LogP contribution in [-0.2, 0) is 5.41 Å². The smallest absolute Gasteiger partial charge is 0.129 e. The molecule has 0 heterocycles. The molecule has 0 aromatic heterocycles. The Hall–Kier alpha value is -0.920. The quantitative estimate of drug-likeness (QED) is 0.652. The molecule has 0 N–H and O–H groups in total. The molecule has 0 aliphatic heterocycles. The van der Waals surface area contributed by atoms with Crippen molar-refractivity contribution in [1.82, 2.24) is 0 Å². The van der Waals surface area contributed by atoms with Crippen molar-refractivity contribution in [2.75, 3.05) is 0 Å². The highest BCUT2D eigenvalue weighted by atomic mass is 19.1. The van der Waals surface area contributed by atoms with Crippen LogP contribution in [-0.4, -0.2) is 0 Å². The van der Waals surface area contributed by atoms with Crippen LogP contribution >= 0.6 is 0 Å². The van der Waals surface area contributed by atoms with E-state index in [9.17, 15) is 8.78 Å². The van der Waals surface area contributed by atoms with Gasteiger partial charge in [0.05, 0.1) is 0 Å². The van der Waals surface area contributed by atoms with E-state index in [2.05, 4.69) is 0 Å². The molecule has 1 aliphatic carbocycles. The van der Waals surface area contributed by atoms with Crippen molar-refractivity contribution >= 4 is 0 Å². The van der Waals surface area contributed by atoms with Gasteiger partial charge in [0.25, 0.3) is 0 Å². The summed E-state index contributed by atoms with van der Waals surface area (Å²) in [7, 11) is 0. The van der Waals surface area contributed by atoms with Gasteiger partial charge < -0.3 is 0 Å². The van der Waals surface area contributed by atoms with Gasteiger partial charge in [-0.3, -0.25) is 0 Å². The summed E-state index contributed by atoms with van der Waals surface area (Å²) >= 11 is 0. The van der Waals surface area contributed by atoms with Gasteiger partial charge in [0.2, 0.25) is 0 Å². The van der Waals surface area contributed by atoms with Crippen LogP contribution in [0.4, 0.5) is 8.78 Å². The molecule has 82 valence electrons. The SMILES string of the molecule is CC1(c2c(F)cccc2F)CCCCC1. The standard InChI is InChI=1S/C13H16F2/c1-13(8-3-2-4-9-13)12-10(14)6-5-7-11(12)15/h5-7H,2-4,8-9H2,1H3. The zero-order valence-electron chi connectivity index (χ0n) is 9.02. The lowest BCUT2D eigenvalue weighted by molar-refractivity contribution is 0.298. The molecule has 2 rings (SSSR count). The van der Waals surface area contributed by atoms with Crippen LogP contribution in [0.2, 0.25) is 0 Å². The molecule has 0 spiro atoms. The summed E-state index contributed by atoms with van der Waals surface area (Å²) in [5, 5.41) is 0. The van der Waals surface area contributed by atoms with E-state index in [-0.39, 0.29) is 17.0 Å². The summed E-state index contributed by atoms with van der Waals surface area (Å²) in [5.74, 6) is -0.779. The van der Waals surface area contributed by atoms with Gasteiger partial charge >= 0.3 is 0 Å². The molecule has 0 unspecified atom stereocenters. The molecule has 1 aromatic carbocycles. The van der Waals surface area contributed by atoms with Gasteiger partial charge in [-0.15, -0.1) is 0 Å². The Kier molecular flexibility index (Phi) is 2.76. The maximum Gasteiger partial charge on any atom is 0.129 e. The minimum absolute atomic E-state index is 0.296. The van der Waals surface area contributed by atoms with Gasteiger partial charge in [0, 0.05) is 5.56 Å².